The largest absolute Gasteiger partial charge is 0.497 e. The number of Topliss-reactive ketones (excluding diaryl/α,β-unsaturated/α-hetero) is 1. The summed E-state index contributed by atoms with van der Waals surface area (Å²) in [5.41, 5.74) is 1.37. The van der Waals surface area contributed by atoms with E-state index < -0.39 is 12.1 Å². The molecule has 0 radical (unpaired) electrons. The molecule has 0 aliphatic rings. The van der Waals surface area contributed by atoms with Gasteiger partial charge in [-0.15, -0.1) is 11.8 Å². The molecule has 0 N–H and O–H groups in total. The van der Waals surface area contributed by atoms with Gasteiger partial charge in [-0.3, -0.25) is 9.59 Å². The number of thioether (sulfide) groups is 1. The van der Waals surface area contributed by atoms with Crippen LogP contribution in [0, 0.1) is 0 Å². The SMILES string of the molecule is CCC(OC(=O)Cc1ccc(SC)cc1)C(=O)c1ccc(OC)cc1. The number of carbonyl (C=O) groups is 2. The van der Waals surface area contributed by atoms with E-state index in [2.05, 4.69) is 0 Å². The molecule has 132 valence electrons. The van der Waals surface area contributed by atoms with Gasteiger partial charge >= 0.3 is 5.97 Å². The number of rotatable bonds is 8. The normalized spacial score (nSPS) is 11.6. The van der Waals surface area contributed by atoms with Crippen LogP contribution in [0.15, 0.2) is 53.4 Å². The van der Waals surface area contributed by atoms with Crippen molar-refractivity contribution in [2.24, 2.45) is 0 Å². The van der Waals surface area contributed by atoms with Crippen LogP contribution in [0.5, 0.6) is 5.75 Å². The van der Waals surface area contributed by atoms with Crippen LogP contribution in [0.1, 0.15) is 29.3 Å². The molecule has 0 spiro atoms. The molecule has 2 rings (SSSR count). The second kappa shape index (κ2) is 9.28. The van der Waals surface area contributed by atoms with E-state index >= 15 is 0 Å². The van der Waals surface area contributed by atoms with Crippen LogP contribution in [0.4, 0.5) is 0 Å². The van der Waals surface area contributed by atoms with Crippen LogP contribution in [-0.4, -0.2) is 31.2 Å². The molecule has 4 nitrogen and oxygen atoms in total. The first-order valence-electron chi connectivity index (χ1n) is 8.08. The standard InChI is InChI=1S/C20H22O4S/c1-4-18(20(22)15-7-9-16(23-2)10-8-15)24-19(21)13-14-5-11-17(25-3)12-6-14/h5-12,18H,4,13H2,1-3H3. The summed E-state index contributed by atoms with van der Waals surface area (Å²) in [6.45, 7) is 1.83. The van der Waals surface area contributed by atoms with E-state index in [1.165, 1.54) is 0 Å². The molecule has 1 atom stereocenters. The first-order chi connectivity index (χ1) is 12.1. The monoisotopic (exact) mass is 358 g/mol. The van der Waals surface area contributed by atoms with Crippen LogP contribution in [0.3, 0.4) is 0 Å². The maximum Gasteiger partial charge on any atom is 0.310 e. The highest BCUT2D eigenvalue weighted by Crippen LogP contribution is 2.17. The Labute approximate surface area is 152 Å². The summed E-state index contributed by atoms with van der Waals surface area (Å²) >= 11 is 1.64. The molecule has 0 saturated carbocycles. The summed E-state index contributed by atoms with van der Waals surface area (Å²) < 4.78 is 10.5. The van der Waals surface area contributed by atoms with Gasteiger partial charge in [-0.2, -0.15) is 0 Å². The van der Waals surface area contributed by atoms with Gasteiger partial charge in [0, 0.05) is 10.5 Å². The van der Waals surface area contributed by atoms with Gasteiger partial charge in [-0.05, 0) is 54.6 Å². The first-order valence-corrected chi connectivity index (χ1v) is 9.30. The van der Waals surface area contributed by atoms with Gasteiger partial charge in [-0.1, -0.05) is 19.1 Å². The van der Waals surface area contributed by atoms with Crippen molar-refractivity contribution < 1.29 is 19.1 Å². The Morgan fingerprint density at radius 1 is 1.04 bits per heavy atom. The molecule has 1 unspecified atom stereocenters. The summed E-state index contributed by atoms with van der Waals surface area (Å²) in [7, 11) is 1.57. The molecule has 2 aromatic rings. The van der Waals surface area contributed by atoms with E-state index in [4.69, 9.17) is 9.47 Å². The second-order valence-electron chi connectivity index (χ2n) is 5.50. The lowest BCUT2D eigenvalue weighted by molar-refractivity contribution is -0.146. The third-order valence-electron chi connectivity index (χ3n) is 3.82. The van der Waals surface area contributed by atoms with Gasteiger partial charge < -0.3 is 9.47 Å². The third kappa shape index (κ3) is 5.36. The maximum atomic E-state index is 12.5. The predicted molar refractivity (Wildman–Crippen MR) is 99.4 cm³/mol. The van der Waals surface area contributed by atoms with E-state index in [9.17, 15) is 9.59 Å². The van der Waals surface area contributed by atoms with Crippen molar-refractivity contribution >= 4 is 23.5 Å². The minimum absolute atomic E-state index is 0.154. The number of hydrogen-bond donors (Lipinski definition) is 0. The molecule has 0 aliphatic carbocycles. The molecule has 0 saturated heterocycles. The number of ether oxygens (including phenoxy) is 2. The molecule has 0 aromatic heterocycles. The van der Waals surface area contributed by atoms with Gasteiger partial charge in [0.15, 0.2) is 6.10 Å². The lowest BCUT2D eigenvalue weighted by Crippen LogP contribution is -2.27. The van der Waals surface area contributed by atoms with Gasteiger partial charge in [0.05, 0.1) is 13.5 Å². The van der Waals surface area contributed by atoms with Crippen LogP contribution >= 0.6 is 11.8 Å². The summed E-state index contributed by atoms with van der Waals surface area (Å²) in [6.07, 6.45) is 1.81. The van der Waals surface area contributed by atoms with Crippen LogP contribution in [0.2, 0.25) is 0 Å². The lowest BCUT2D eigenvalue weighted by atomic mass is 10.0. The lowest BCUT2D eigenvalue weighted by Gasteiger charge is -2.15. The number of carbonyl (C=O) groups excluding carboxylic acids is 2. The minimum atomic E-state index is -0.772. The maximum absolute atomic E-state index is 12.5. The fourth-order valence-electron chi connectivity index (χ4n) is 2.37. The highest BCUT2D eigenvalue weighted by Gasteiger charge is 2.22. The fraction of sp³-hybridized carbons (Fsp3) is 0.300. The van der Waals surface area contributed by atoms with Gasteiger partial charge in [0.1, 0.15) is 5.75 Å². The van der Waals surface area contributed by atoms with Crippen molar-refractivity contribution in [3.63, 3.8) is 0 Å². The Morgan fingerprint density at radius 3 is 2.20 bits per heavy atom. The summed E-state index contributed by atoms with van der Waals surface area (Å²) in [5.74, 6) is 0.0807. The van der Waals surface area contributed by atoms with E-state index in [1.54, 1.807) is 43.1 Å². The number of esters is 1. The zero-order chi connectivity index (χ0) is 18.2. The summed E-state index contributed by atoms with van der Waals surface area (Å²) in [5, 5.41) is 0. The summed E-state index contributed by atoms with van der Waals surface area (Å²) in [4.78, 5) is 25.8. The average Bonchev–Trinajstić information content (AvgIpc) is 2.66. The Hall–Kier alpha value is -2.27. The first kappa shape index (κ1) is 19.1. The fourth-order valence-corrected chi connectivity index (χ4v) is 2.78. The Morgan fingerprint density at radius 2 is 1.68 bits per heavy atom. The molecule has 0 heterocycles. The zero-order valence-electron chi connectivity index (χ0n) is 14.7. The predicted octanol–water partition coefficient (Wildman–Crippen LogP) is 4.16. The Bertz CT molecular complexity index is 707. The average molecular weight is 358 g/mol. The number of methoxy groups -OCH3 is 1. The highest BCUT2D eigenvalue weighted by atomic mass is 32.2. The second-order valence-corrected chi connectivity index (χ2v) is 6.38. The Kier molecular flexibility index (Phi) is 7.07. The smallest absolute Gasteiger partial charge is 0.310 e. The molecule has 0 bridgehead atoms. The molecule has 2 aromatic carbocycles. The van der Waals surface area contributed by atoms with Crippen molar-refractivity contribution in [3.05, 3.63) is 59.7 Å². The number of hydrogen-bond acceptors (Lipinski definition) is 5. The topological polar surface area (TPSA) is 52.6 Å². The molecule has 0 fully saturated rings. The van der Waals surface area contributed by atoms with Crippen LogP contribution in [0.25, 0.3) is 0 Å². The van der Waals surface area contributed by atoms with Crippen molar-refractivity contribution in [2.45, 2.75) is 30.8 Å². The van der Waals surface area contributed by atoms with Gasteiger partial charge in [-0.25, -0.2) is 0 Å². The quantitative estimate of drug-likeness (QED) is 0.403. The molecular formula is C20H22O4S. The van der Waals surface area contributed by atoms with E-state index in [1.807, 2.05) is 37.4 Å². The van der Waals surface area contributed by atoms with Gasteiger partial charge in [0.2, 0.25) is 5.78 Å². The van der Waals surface area contributed by atoms with Gasteiger partial charge in [0.25, 0.3) is 0 Å². The van der Waals surface area contributed by atoms with E-state index in [0.29, 0.717) is 17.7 Å². The summed E-state index contributed by atoms with van der Waals surface area (Å²) in [6, 6.07) is 14.5. The minimum Gasteiger partial charge on any atom is -0.497 e. The molecule has 0 aliphatic heterocycles. The highest BCUT2D eigenvalue weighted by molar-refractivity contribution is 7.98. The Balaban J connectivity index is 1.99. The number of benzene rings is 2. The van der Waals surface area contributed by atoms with Crippen molar-refractivity contribution in [1.82, 2.24) is 0 Å². The molecule has 5 heteroatoms. The molecule has 25 heavy (non-hydrogen) atoms. The number of ketones is 1. The van der Waals surface area contributed by atoms with Crippen molar-refractivity contribution in [1.29, 1.82) is 0 Å². The van der Waals surface area contributed by atoms with Crippen LogP contribution in [-0.2, 0) is 16.0 Å². The van der Waals surface area contributed by atoms with Crippen molar-refractivity contribution in [3.8, 4) is 5.75 Å². The van der Waals surface area contributed by atoms with Crippen molar-refractivity contribution in [2.75, 3.05) is 13.4 Å². The molecular weight excluding hydrogens is 336 g/mol. The zero-order valence-corrected chi connectivity index (χ0v) is 15.5. The molecule has 0 amide bonds. The van der Waals surface area contributed by atoms with E-state index in [-0.39, 0.29) is 12.2 Å². The third-order valence-corrected chi connectivity index (χ3v) is 4.56. The van der Waals surface area contributed by atoms with Crippen LogP contribution < -0.4 is 4.74 Å². The van der Waals surface area contributed by atoms with E-state index in [0.717, 1.165) is 10.5 Å².